The summed E-state index contributed by atoms with van der Waals surface area (Å²) in [6.45, 7) is 4.99. The van der Waals surface area contributed by atoms with Gasteiger partial charge in [-0.25, -0.2) is 9.97 Å². The molecular weight excluding hydrogens is 336 g/mol. The highest BCUT2D eigenvalue weighted by Crippen LogP contribution is 2.35. The highest BCUT2D eigenvalue weighted by molar-refractivity contribution is 5.99. The Balaban J connectivity index is 1.54. The maximum absolute atomic E-state index is 12.2. The number of hydrogen-bond acceptors (Lipinski definition) is 3. The second-order valence-corrected chi connectivity index (χ2v) is 8.58. The minimum absolute atomic E-state index is 0.0128. The van der Waals surface area contributed by atoms with Crippen LogP contribution in [-0.2, 0) is 11.8 Å². The third-order valence-corrected chi connectivity index (χ3v) is 6.17. The zero-order valence-electron chi connectivity index (χ0n) is 15.8. The molecule has 0 saturated heterocycles. The highest BCUT2D eigenvalue weighted by atomic mass is 16.1. The van der Waals surface area contributed by atoms with Gasteiger partial charge in [0, 0.05) is 47.3 Å². The van der Waals surface area contributed by atoms with E-state index in [4.69, 9.17) is 4.98 Å². The Hall–Kier alpha value is -2.69. The fourth-order valence-corrected chi connectivity index (χ4v) is 4.20. The van der Waals surface area contributed by atoms with Crippen LogP contribution in [0.4, 0.5) is 0 Å². The number of nitrogens with one attached hydrogen (secondary N) is 2. The van der Waals surface area contributed by atoms with Gasteiger partial charge in [0.05, 0.1) is 0 Å². The number of H-pyrrole nitrogens is 1. The Morgan fingerprint density at radius 3 is 2.85 bits per heavy atom. The van der Waals surface area contributed by atoms with Crippen molar-refractivity contribution in [2.24, 2.45) is 5.92 Å². The number of benzene rings is 1. The Bertz CT molecular complexity index is 1050. The van der Waals surface area contributed by atoms with Crippen molar-refractivity contribution in [3.8, 4) is 11.1 Å². The van der Waals surface area contributed by atoms with E-state index in [1.54, 1.807) is 0 Å². The zero-order chi connectivity index (χ0) is 18.6. The number of carbonyl (C=O) groups excluding carboxylic acids is 1. The minimum Gasteiger partial charge on any atom is -0.351 e. The van der Waals surface area contributed by atoms with Crippen molar-refractivity contribution in [2.45, 2.75) is 44.9 Å². The fraction of sp³-hybridized carbons (Fsp3) is 0.409. The maximum Gasteiger partial charge on any atom is 0.251 e. The van der Waals surface area contributed by atoms with Crippen LogP contribution in [0.25, 0.3) is 22.2 Å². The molecule has 5 rings (SSSR count). The van der Waals surface area contributed by atoms with Gasteiger partial charge in [0.2, 0.25) is 0 Å². The van der Waals surface area contributed by atoms with Gasteiger partial charge >= 0.3 is 0 Å². The van der Waals surface area contributed by atoms with Crippen LogP contribution in [0.5, 0.6) is 0 Å². The molecule has 2 aromatic heterocycles. The Morgan fingerprint density at radius 1 is 1.22 bits per heavy atom. The summed E-state index contributed by atoms with van der Waals surface area (Å²) in [4.78, 5) is 24.9. The molecule has 3 aromatic rings. The average Bonchev–Trinajstić information content (AvgIpc) is 3.05. The molecule has 1 saturated carbocycles. The molecule has 0 unspecified atom stereocenters. The third-order valence-electron chi connectivity index (χ3n) is 6.17. The lowest BCUT2D eigenvalue weighted by Gasteiger charge is -2.32. The number of rotatable bonds is 3. The molecule has 1 amide bonds. The predicted molar refractivity (Wildman–Crippen MR) is 106 cm³/mol. The van der Waals surface area contributed by atoms with Crippen molar-refractivity contribution in [1.29, 1.82) is 0 Å². The van der Waals surface area contributed by atoms with Crippen molar-refractivity contribution in [3.05, 3.63) is 47.5 Å². The topological polar surface area (TPSA) is 70.7 Å². The molecular formula is C22H24N4O. The van der Waals surface area contributed by atoms with E-state index in [2.05, 4.69) is 35.2 Å². The van der Waals surface area contributed by atoms with Gasteiger partial charge in [0.15, 0.2) is 0 Å². The van der Waals surface area contributed by atoms with Crippen LogP contribution in [0.1, 0.15) is 54.9 Å². The summed E-state index contributed by atoms with van der Waals surface area (Å²) in [6, 6.07) is 6.11. The molecule has 0 spiro atoms. The van der Waals surface area contributed by atoms with Gasteiger partial charge in [-0.2, -0.15) is 0 Å². The number of aromatic nitrogens is 3. The molecule has 2 N–H and O–H groups in total. The van der Waals surface area contributed by atoms with E-state index < -0.39 is 0 Å². The average molecular weight is 360 g/mol. The van der Waals surface area contributed by atoms with Gasteiger partial charge in [-0.15, -0.1) is 0 Å². The molecule has 1 aliphatic heterocycles. The molecule has 5 nitrogen and oxygen atoms in total. The first-order valence-corrected chi connectivity index (χ1v) is 9.77. The molecule has 1 aromatic carbocycles. The van der Waals surface area contributed by atoms with Crippen molar-refractivity contribution >= 4 is 16.9 Å². The first kappa shape index (κ1) is 16.5. The molecule has 3 heterocycles. The van der Waals surface area contributed by atoms with E-state index in [9.17, 15) is 4.79 Å². The lowest BCUT2D eigenvalue weighted by atomic mass is 9.78. The highest BCUT2D eigenvalue weighted by Gasteiger charge is 2.31. The molecule has 0 atom stereocenters. The summed E-state index contributed by atoms with van der Waals surface area (Å²) in [6.07, 6.45) is 8.87. The molecule has 1 fully saturated rings. The number of amides is 1. The summed E-state index contributed by atoms with van der Waals surface area (Å²) >= 11 is 0. The van der Waals surface area contributed by atoms with E-state index >= 15 is 0 Å². The maximum atomic E-state index is 12.2. The smallest absolute Gasteiger partial charge is 0.251 e. The number of fused-ring (bicyclic) bond motifs is 2. The SMILES string of the molecule is CC1(C)CNC(=O)c2ccc(-c3c[nH]c4nc(CC5CCC5)ncc34)cc21. The standard InChI is InChI=1S/C22H24N4O/c1-22(2)12-25-21(27)15-7-6-14(9-18(15)22)16-10-24-20-17(16)11-23-19(26-20)8-13-4-3-5-13/h6-7,9-11,13H,3-5,8,12H2,1-2H3,(H,25,27)(H,23,24,26). The monoisotopic (exact) mass is 360 g/mol. The van der Waals surface area contributed by atoms with Gasteiger partial charge in [-0.1, -0.05) is 39.2 Å². The molecule has 5 heteroatoms. The Morgan fingerprint density at radius 2 is 2.07 bits per heavy atom. The van der Waals surface area contributed by atoms with Crippen LogP contribution < -0.4 is 5.32 Å². The molecule has 138 valence electrons. The normalized spacial score (nSPS) is 18.8. The zero-order valence-corrected chi connectivity index (χ0v) is 15.8. The third kappa shape index (κ3) is 2.73. The summed E-state index contributed by atoms with van der Waals surface area (Å²) in [5.74, 6) is 1.70. The van der Waals surface area contributed by atoms with Crippen LogP contribution in [0.15, 0.2) is 30.6 Å². The van der Waals surface area contributed by atoms with Crippen molar-refractivity contribution in [2.75, 3.05) is 6.54 Å². The van der Waals surface area contributed by atoms with E-state index in [1.807, 2.05) is 24.5 Å². The summed E-state index contributed by atoms with van der Waals surface area (Å²) < 4.78 is 0. The minimum atomic E-state index is -0.0855. The largest absolute Gasteiger partial charge is 0.351 e. The molecule has 2 aliphatic rings. The van der Waals surface area contributed by atoms with Crippen LogP contribution in [0.2, 0.25) is 0 Å². The summed E-state index contributed by atoms with van der Waals surface area (Å²) in [7, 11) is 0. The van der Waals surface area contributed by atoms with Gasteiger partial charge in [0.1, 0.15) is 11.5 Å². The van der Waals surface area contributed by atoms with Crippen molar-refractivity contribution in [1.82, 2.24) is 20.3 Å². The molecule has 27 heavy (non-hydrogen) atoms. The van der Waals surface area contributed by atoms with Gasteiger partial charge in [-0.05, 0) is 29.2 Å². The first-order valence-electron chi connectivity index (χ1n) is 9.77. The predicted octanol–water partition coefficient (Wildman–Crippen LogP) is 3.99. The lowest BCUT2D eigenvalue weighted by molar-refractivity contribution is 0.0930. The van der Waals surface area contributed by atoms with Crippen LogP contribution in [-0.4, -0.2) is 27.4 Å². The van der Waals surface area contributed by atoms with Crippen LogP contribution in [0, 0.1) is 5.92 Å². The number of carbonyl (C=O) groups is 1. The molecule has 1 aliphatic carbocycles. The van der Waals surface area contributed by atoms with E-state index in [0.29, 0.717) is 6.54 Å². The molecule has 0 bridgehead atoms. The molecule has 0 radical (unpaired) electrons. The van der Waals surface area contributed by atoms with Crippen molar-refractivity contribution < 1.29 is 4.79 Å². The fourth-order valence-electron chi connectivity index (χ4n) is 4.20. The van der Waals surface area contributed by atoms with Gasteiger partial charge < -0.3 is 10.3 Å². The lowest BCUT2D eigenvalue weighted by Crippen LogP contribution is -2.43. The first-order chi connectivity index (χ1) is 13.0. The Kier molecular flexibility index (Phi) is 3.61. The second kappa shape index (κ2) is 5.91. The van der Waals surface area contributed by atoms with Crippen molar-refractivity contribution in [3.63, 3.8) is 0 Å². The van der Waals surface area contributed by atoms with E-state index in [0.717, 1.165) is 51.5 Å². The quantitative estimate of drug-likeness (QED) is 0.742. The van der Waals surface area contributed by atoms with Crippen LogP contribution >= 0.6 is 0 Å². The van der Waals surface area contributed by atoms with E-state index in [-0.39, 0.29) is 11.3 Å². The number of hydrogen-bond donors (Lipinski definition) is 2. The number of aromatic amines is 1. The summed E-state index contributed by atoms with van der Waals surface area (Å²) in [5, 5.41) is 4.01. The van der Waals surface area contributed by atoms with Gasteiger partial charge in [-0.3, -0.25) is 4.79 Å². The van der Waals surface area contributed by atoms with Gasteiger partial charge in [0.25, 0.3) is 5.91 Å². The second-order valence-electron chi connectivity index (χ2n) is 8.58. The Labute approximate surface area is 158 Å². The van der Waals surface area contributed by atoms with Crippen LogP contribution in [0.3, 0.4) is 0 Å². The summed E-state index contributed by atoms with van der Waals surface area (Å²) in [5.41, 5.74) is 4.86. The van der Waals surface area contributed by atoms with E-state index in [1.165, 1.54) is 19.3 Å². The number of nitrogens with zero attached hydrogens (tertiary/aromatic N) is 2.